The Morgan fingerprint density at radius 3 is 2.29 bits per heavy atom. The molecule has 0 atom stereocenters. The predicted octanol–water partition coefficient (Wildman–Crippen LogP) is 4.32. The molecule has 3 aromatic carbocycles. The standard InChI is InChI=1S/C19H12FNO2S/c20-17-7-9-18(10-8-17)24(22,23)19(13-21)12-14-5-6-15-3-1-2-4-16(15)11-14/h1-12H/b19-12-. The van der Waals surface area contributed by atoms with E-state index in [0.29, 0.717) is 5.56 Å². The van der Waals surface area contributed by atoms with Crippen LogP contribution in [0.1, 0.15) is 5.56 Å². The van der Waals surface area contributed by atoms with Gasteiger partial charge in [-0.2, -0.15) is 5.26 Å². The molecule has 118 valence electrons. The fraction of sp³-hybridized carbons (Fsp3) is 0. The van der Waals surface area contributed by atoms with Crippen molar-refractivity contribution in [3.63, 3.8) is 0 Å². The predicted molar refractivity (Wildman–Crippen MR) is 91.1 cm³/mol. The zero-order chi connectivity index (χ0) is 17.2. The number of halogens is 1. The van der Waals surface area contributed by atoms with Crippen LogP contribution >= 0.6 is 0 Å². The van der Waals surface area contributed by atoms with E-state index in [4.69, 9.17) is 0 Å². The number of hydrogen-bond acceptors (Lipinski definition) is 3. The van der Waals surface area contributed by atoms with Crippen molar-refractivity contribution < 1.29 is 12.8 Å². The van der Waals surface area contributed by atoms with Crippen molar-refractivity contribution in [2.45, 2.75) is 4.90 Å². The molecule has 3 rings (SSSR count). The summed E-state index contributed by atoms with van der Waals surface area (Å²) in [6.45, 7) is 0. The molecule has 0 heterocycles. The Bertz CT molecular complexity index is 1080. The van der Waals surface area contributed by atoms with E-state index in [2.05, 4.69) is 0 Å². The van der Waals surface area contributed by atoms with Gasteiger partial charge in [-0.1, -0.05) is 36.4 Å². The van der Waals surface area contributed by atoms with Crippen LogP contribution in [-0.4, -0.2) is 8.42 Å². The monoisotopic (exact) mass is 337 g/mol. The first-order valence-corrected chi connectivity index (χ1v) is 8.60. The van der Waals surface area contributed by atoms with Crippen LogP contribution in [0, 0.1) is 17.1 Å². The van der Waals surface area contributed by atoms with Gasteiger partial charge >= 0.3 is 0 Å². The molecule has 0 aliphatic rings. The number of fused-ring (bicyclic) bond motifs is 1. The molecule has 0 aliphatic heterocycles. The van der Waals surface area contributed by atoms with Crippen molar-refractivity contribution in [2.24, 2.45) is 0 Å². The lowest BCUT2D eigenvalue weighted by atomic mass is 10.1. The van der Waals surface area contributed by atoms with E-state index in [-0.39, 0.29) is 9.80 Å². The number of allylic oxidation sites excluding steroid dienone is 1. The molecule has 5 heteroatoms. The lowest BCUT2D eigenvalue weighted by Crippen LogP contribution is -2.03. The first-order chi connectivity index (χ1) is 11.5. The van der Waals surface area contributed by atoms with Gasteiger partial charge in [-0.25, -0.2) is 12.8 Å². The molecular weight excluding hydrogens is 325 g/mol. The van der Waals surface area contributed by atoms with Crippen molar-refractivity contribution >= 4 is 26.7 Å². The SMILES string of the molecule is N#C/C(=C/c1ccc2ccccc2c1)S(=O)(=O)c1ccc(F)cc1. The summed E-state index contributed by atoms with van der Waals surface area (Å²) in [4.78, 5) is -0.498. The molecule has 0 N–H and O–H groups in total. The minimum absolute atomic E-state index is 0.113. The van der Waals surface area contributed by atoms with Crippen molar-refractivity contribution in [3.8, 4) is 6.07 Å². The first kappa shape index (κ1) is 15.9. The van der Waals surface area contributed by atoms with Crippen molar-refractivity contribution in [2.75, 3.05) is 0 Å². The van der Waals surface area contributed by atoms with Gasteiger partial charge in [-0.05, 0) is 52.7 Å². The van der Waals surface area contributed by atoms with E-state index < -0.39 is 15.7 Å². The van der Waals surface area contributed by atoms with Crippen molar-refractivity contribution in [1.82, 2.24) is 0 Å². The summed E-state index contributed by atoms with van der Waals surface area (Å²) in [5, 5.41) is 11.3. The van der Waals surface area contributed by atoms with E-state index in [0.717, 1.165) is 35.0 Å². The lowest BCUT2D eigenvalue weighted by molar-refractivity contribution is 0.601. The Hall–Kier alpha value is -2.97. The summed E-state index contributed by atoms with van der Waals surface area (Å²) >= 11 is 0. The topological polar surface area (TPSA) is 57.9 Å². The maximum absolute atomic E-state index is 13.0. The van der Waals surface area contributed by atoms with E-state index >= 15 is 0 Å². The molecule has 0 aromatic heterocycles. The zero-order valence-electron chi connectivity index (χ0n) is 12.5. The fourth-order valence-corrected chi connectivity index (χ4v) is 3.52. The molecule has 3 aromatic rings. The van der Waals surface area contributed by atoms with E-state index in [1.807, 2.05) is 36.4 Å². The number of hydrogen-bond donors (Lipinski definition) is 0. The normalized spacial score (nSPS) is 12.1. The molecule has 0 fully saturated rings. The summed E-state index contributed by atoms with van der Waals surface area (Å²) < 4.78 is 38.0. The largest absolute Gasteiger partial charge is 0.218 e. The Morgan fingerprint density at radius 1 is 0.958 bits per heavy atom. The second-order valence-corrected chi connectivity index (χ2v) is 7.10. The third-order valence-corrected chi connectivity index (χ3v) is 5.28. The number of rotatable bonds is 3. The maximum Gasteiger partial charge on any atom is 0.216 e. The molecular formula is C19H12FNO2S. The van der Waals surface area contributed by atoms with Gasteiger partial charge in [-0.15, -0.1) is 0 Å². The fourth-order valence-electron chi connectivity index (χ4n) is 2.36. The molecule has 0 bridgehead atoms. The average molecular weight is 337 g/mol. The van der Waals surface area contributed by atoms with Crippen LogP contribution < -0.4 is 0 Å². The number of benzene rings is 3. The van der Waals surface area contributed by atoms with Gasteiger partial charge in [0, 0.05) is 0 Å². The van der Waals surface area contributed by atoms with Gasteiger partial charge in [0.15, 0.2) is 0 Å². The Balaban J connectivity index is 2.07. The highest BCUT2D eigenvalue weighted by Crippen LogP contribution is 2.23. The van der Waals surface area contributed by atoms with Gasteiger partial charge in [0.05, 0.1) is 4.90 Å². The Labute approximate surface area is 139 Å². The maximum atomic E-state index is 13.0. The molecule has 3 nitrogen and oxygen atoms in total. The molecule has 0 unspecified atom stereocenters. The molecule has 0 saturated heterocycles. The van der Waals surface area contributed by atoms with Crippen LogP contribution in [0.4, 0.5) is 4.39 Å². The minimum atomic E-state index is -3.99. The van der Waals surface area contributed by atoms with E-state index in [9.17, 15) is 18.1 Å². The van der Waals surface area contributed by atoms with Crippen molar-refractivity contribution in [1.29, 1.82) is 5.26 Å². The highest BCUT2D eigenvalue weighted by Gasteiger charge is 2.20. The third kappa shape index (κ3) is 3.05. The Kier molecular flexibility index (Phi) is 4.15. The molecule has 24 heavy (non-hydrogen) atoms. The van der Waals surface area contributed by atoms with Gasteiger partial charge in [0.1, 0.15) is 16.8 Å². The van der Waals surface area contributed by atoms with Crippen LogP contribution in [0.15, 0.2) is 76.5 Å². The number of nitriles is 1. The molecule has 0 aliphatic carbocycles. The third-order valence-electron chi connectivity index (χ3n) is 3.59. The summed E-state index contributed by atoms with van der Waals surface area (Å²) in [7, 11) is -3.99. The van der Waals surface area contributed by atoms with Gasteiger partial charge in [-0.3, -0.25) is 0 Å². The summed E-state index contributed by atoms with van der Waals surface area (Å²) in [5.41, 5.74) is 0.607. The minimum Gasteiger partial charge on any atom is -0.218 e. The lowest BCUT2D eigenvalue weighted by Gasteiger charge is -2.04. The second-order valence-electron chi connectivity index (χ2n) is 5.18. The Morgan fingerprint density at radius 2 is 1.62 bits per heavy atom. The van der Waals surface area contributed by atoms with Gasteiger partial charge in [0.25, 0.3) is 0 Å². The number of nitrogens with zero attached hydrogens (tertiary/aromatic N) is 1. The van der Waals surface area contributed by atoms with Gasteiger partial charge < -0.3 is 0 Å². The molecule has 0 radical (unpaired) electrons. The summed E-state index contributed by atoms with van der Waals surface area (Å²) in [6.07, 6.45) is 1.32. The summed E-state index contributed by atoms with van der Waals surface area (Å²) in [5.74, 6) is -0.536. The molecule has 0 spiro atoms. The van der Waals surface area contributed by atoms with Crippen LogP contribution in [0.25, 0.3) is 16.8 Å². The van der Waals surface area contributed by atoms with Crippen LogP contribution in [0.2, 0.25) is 0 Å². The molecule has 0 amide bonds. The van der Waals surface area contributed by atoms with Crippen LogP contribution in [0.5, 0.6) is 0 Å². The molecule has 0 saturated carbocycles. The highest BCUT2D eigenvalue weighted by atomic mass is 32.2. The van der Waals surface area contributed by atoms with E-state index in [1.54, 1.807) is 12.1 Å². The second kappa shape index (κ2) is 6.26. The first-order valence-electron chi connectivity index (χ1n) is 7.12. The zero-order valence-corrected chi connectivity index (χ0v) is 13.3. The average Bonchev–Trinajstić information content (AvgIpc) is 2.59. The van der Waals surface area contributed by atoms with E-state index in [1.165, 1.54) is 6.08 Å². The van der Waals surface area contributed by atoms with Crippen LogP contribution in [-0.2, 0) is 9.84 Å². The van der Waals surface area contributed by atoms with Crippen LogP contribution in [0.3, 0.4) is 0 Å². The van der Waals surface area contributed by atoms with Gasteiger partial charge in [0.2, 0.25) is 9.84 Å². The highest BCUT2D eigenvalue weighted by molar-refractivity contribution is 7.95. The van der Waals surface area contributed by atoms with Crippen molar-refractivity contribution in [3.05, 3.63) is 83.0 Å². The summed E-state index contributed by atoms with van der Waals surface area (Å²) in [6, 6.07) is 19.2. The quantitative estimate of drug-likeness (QED) is 0.528. The number of sulfone groups is 1. The smallest absolute Gasteiger partial charge is 0.216 e.